The summed E-state index contributed by atoms with van der Waals surface area (Å²) in [6.07, 6.45) is 5.46. The predicted molar refractivity (Wildman–Crippen MR) is 177 cm³/mol. The van der Waals surface area contributed by atoms with Crippen molar-refractivity contribution in [3.63, 3.8) is 0 Å². The van der Waals surface area contributed by atoms with Gasteiger partial charge >= 0.3 is 0 Å². The Bertz CT molecular complexity index is 1990. The van der Waals surface area contributed by atoms with Crippen molar-refractivity contribution in [1.29, 1.82) is 0 Å². The van der Waals surface area contributed by atoms with Crippen molar-refractivity contribution >= 4 is 11.4 Å². The number of aryl methyl sites for hydroxylation is 1. The number of aromatic nitrogens is 4. The van der Waals surface area contributed by atoms with E-state index >= 15 is 0 Å². The van der Waals surface area contributed by atoms with E-state index in [1.165, 1.54) is 11.3 Å². The second-order valence-electron chi connectivity index (χ2n) is 12.4. The minimum Gasteiger partial charge on any atom is -0.456 e. The molecule has 7 rings (SSSR count). The van der Waals surface area contributed by atoms with Crippen molar-refractivity contribution in [2.24, 2.45) is 0 Å². The largest absolute Gasteiger partial charge is 0.456 e. The first-order chi connectivity index (χ1) is 21.2. The molecule has 4 heterocycles. The number of pyridine rings is 2. The summed E-state index contributed by atoms with van der Waals surface area (Å²) < 4.78 is 8.87. The maximum Gasteiger partial charge on any atom is 0.146 e. The van der Waals surface area contributed by atoms with Crippen molar-refractivity contribution < 1.29 is 4.74 Å². The third-order valence-corrected chi connectivity index (χ3v) is 8.36. The molecular formula is C38H35N5O. The topological polar surface area (TPSA) is 56.1 Å². The molecule has 6 heteroatoms. The Kier molecular flexibility index (Phi) is 6.77. The fourth-order valence-electron chi connectivity index (χ4n) is 5.77. The molecule has 0 fully saturated rings. The van der Waals surface area contributed by atoms with Crippen LogP contribution in [0.4, 0.5) is 11.4 Å². The van der Waals surface area contributed by atoms with Gasteiger partial charge in [-0.05, 0) is 78.4 Å². The standard InChI is InChI=1S/C38H35N5O/c1-25-26(2)42-24-43(36-14-10-9-13-34(36)37(42)41-25)31-17-28(27-11-7-6-8-12-27)18-32(21-31)44-33-19-29(22-39-23-33)35-20-30(15-16-40-35)38(3,4)5/h6-23H,24H2,1-5H3. The molecule has 6 nitrogen and oxygen atoms in total. The molecule has 3 aromatic heterocycles. The van der Waals surface area contributed by atoms with E-state index in [2.05, 4.69) is 133 Å². The average molecular weight is 578 g/mol. The lowest BCUT2D eigenvalue weighted by Crippen LogP contribution is -2.27. The molecule has 0 bridgehead atoms. The molecule has 0 amide bonds. The Hall–Kier alpha value is -5.23. The van der Waals surface area contributed by atoms with Crippen molar-refractivity contribution in [3.8, 4) is 45.3 Å². The summed E-state index contributed by atoms with van der Waals surface area (Å²) >= 11 is 0. The first-order valence-electron chi connectivity index (χ1n) is 15.0. The lowest BCUT2D eigenvalue weighted by molar-refractivity contribution is 0.480. The third kappa shape index (κ3) is 5.13. The van der Waals surface area contributed by atoms with Crippen LogP contribution < -0.4 is 9.64 Å². The van der Waals surface area contributed by atoms with Gasteiger partial charge in [-0.15, -0.1) is 0 Å². The highest BCUT2D eigenvalue weighted by molar-refractivity contribution is 5.83. The van der Waals surface area contributed by atoms with Crippen LogP contribution in [-0.4, -0.2) is 19.5 Å². The zero-order valence-corrected chi connectivity index (χ0v) is 25.7. The summed E-state index contributed by atoms with van der Waals surface area (Å²) in [5.41, 5.74) is 10.7. The Morgan fingerprint density at radius 3 is 2.34 bits per heavy atom. The first kappa shape index (κ1) is 27.6. The van der Waals surface area contributed by atoms with E-state index in [9.17, 15) is 0 Å². The highest BCUT2D eigenvalue weighted by atomic mass is 16.5. The summed E-state index contributed by atoms with van der Waals surface area (Å²) in [7, 11) is 0. The minimum absolute atomic E-state index is 0.0231. The molecule has 3 aromatic carbocycles. The van der Waals surface area contributed by atoms with Gasteiger partial charge in [-0.1, -0.05) is 63.2 Å². The molecule has 44 heavy (non-hydrogen) atoms. The number of benzene rings is 3. The quantitative estimate of drug-likeness (QED) is 0.204. The third-order valence-electron chi connectivity index (χ3n) is 8.36. The van der Waals surface area contributed by atoms with Crippen LogP contribution in [-0.2, 0) is 12.1 Å². The highest BCUT2D eigenvalue weighted by Gasteiger charge is 2.27. The number of nitrogens with zero attached hydrogens (tertiary/aromatic N) is 5. The van der Waals surface area contributed by atoms with E-state index in [4.69, 9.17) is 9.72 Å². The molecule has 0 aliphatic carbocycles. The van der Waals surface area contributed by atoms with Crippen LogP contribution in [0.1, 0.15) is 37.7 Å². The predicted octanol–water partition coefficient (Wildman–Crippen LogP) is 9.49. The van der Waals surface area contributed by atoms with E-state index in [0.717, 1.165) is 56.6 Å². The number of fused-ring (bicyclic) bond motifs is 3. The van der Waals surface area contributed by atoms with E-state index in [1.54, 1.807) is 6.20 Å². The first-order valence-corrected chi connectivity index (χ1v) is 15.0. The molecule has 1 aliphatic heterocycles. The lowest BCUT2D eigenvalue weighted by atomic mass is 9.87. The van der Waals surface area contributed by atoms with Crippen LogP contribution in [0.3, 0.4) is 0 Å². The summed E-state index contributed by atoms with van der Waals surface area (Å²) in [5.74, 6) is 2.40. The molecule has 0 unspecified atom stereocenters. The molecule has 218 valence electrons. The molecule has 6 aromatic rings. The van der Waals surface area contributed by atoms with Crippen LogP contribution >= 0.6 is 0 Å². The minimum atomic E-state index is 0.0231. The van der Waals surface area contributed by atoms with Crippen LogP contribution in [0.5, 0.6) is 11.5 Å². The van der Waals surface area contributed by atoms with Gasteiger partial charge in [0.15, 0.2) is 0 Å². The maximum atomic E-state index is 6.58. The SMILES string of the molecule is Cc1nc2n(c1C)CN(c1cc(Oc3cncc(-c4cc(C(C)(C)C)ccn4)c3)cc(-c3ccccc3)c1)c1ccccc1-2. The number of imidazole rings is 1. The number of rotatable bonds is 5. The van der Waals surface area contributed by atoms with Crippen LogP contribution in [0, 0.1) is 13.8 Å². The molecule has 0 spiro atoms. The fraction of sp³-hybridized carbons (Fsp3) is 0.184. The van der Waals surface area contributed by atoms with Gasteiger partial charge in [-0.25, -0.2) is 4.98 Å². The summed E-state index contributed by atoms with van der Waals surface area (Å²) in [4.78, 5) is 16.4. The van der Waals surface area contributed by atoms with E-state index < -0.39 is 0 Å². The van der Waals surface area contributed by atoms with E-state index in [0.29, 0.717) is 12.4 Å². The normalized spacial score (nSPS) is 12.5. The number of hydrogen-bond acceptors (Lipinski definition) is 5. The van der Waals surface area contributed by atoms with Gasteiger partial charge < -0.3 is 14.2 Å². The van der Waals surface area contributed by atoms with Crippen molar-refractivity contribution in [3.05, 3.63) is 127 Å². The van der Waals surface area contributed by atoms with Crippen molar-refractivity contribution in [2.45, 2.75) is 46.7 Å². The second-order valence-corrected chi connectivity index (χ2v) is 12.4. The Morgan fingerprint density at radius 1 is 0.750 bits per heavy atom. The molecule has 0 atom stereocenters. The second kappa shape index (κ2) is 10.8. The van der Waals surface area contributed by atoms with Gasteiger partial charge in [0.25, 0.3) is 0 Å². The highest BCUT2D eigenvalue weighted by Crippen LogP contribution is 2.43. The number of hydrogen-bond donors (Lipinski definition) is 0. The van der Waals surface area contributed by atoms with Gasteiger partial charge in [0.2, 0.25) is 0 Å². The summed E-state index contributed by atoms with van der Waals surface area (Å²) in [6.45, 7) is 11.5. The van der Waals surface area contributed by atoms with Crippen LogP contribution in [0.15, 0.2) is 110 Å². The fourth-order valence-corrected chi connectivity index (χ4v) is 5.77. The smallest absolute Gasteiger partial charge is 0.146 e. The van der Waals surface area contributed by atoms with Gasteiger partial charge in [0.1, 0.15) is 24.0 Å². The molecule has 0 saturated carbocycles. The number of para-hydroxylation sites is 1. The zero-order chi connectivity index (χ0) is 30.4. The maximum absolute atomic E-state index is 6.58. The average Bonchev–Trinajstić information content (AvgIpc) is 3.33. The van der Waals surface area contributed by atoms with E-state index in [1.807, 2.05) is 24.5 Å². The van der Waals surface area contributed by atoms with Gasteiger partial charge in [0.05, 0.1) is 23.3 Å². The molecule has 0 radical (unpaired) electrons. The monoisotopic (exact) mass is 577 g/mol. The van der Waals surface area contributed by atoms with Gasteiger partial charge in [-0.2, -0.15) is 0 Å². The Balaban J connectivity index is 1.30. The summed E-state index contributed by atoms with van der Waals surface area (Å²) in [5, 5.41) is 0. The van der Waals surface area contributed by atoms with Gasteiger partial charge in [0, 0.05) is 41.0 Å². The van der Waals surface area contributed by atoms with Crippen molar-refractivity contribution in [2.75, 3.05) is 4.90 Å². The number of anilines is 2. The molecular weight excluding hydrogens is 542 g/mol. The molecule has 0 N–H and O–H groups in total. The Labute approximate surface area is 258 Å². The van der Waals surface area contributed by atoms with E-state index in [-0.39, 0.29) is 5.41 Å². The van der Waals surface area contributed by atoms with Crippen LogP contribution in [0.25, 0.3) is 33.8 Å². The summed E-state index contributed by atoms with van der Waals surface area (Å²) in [6, 6.07) is 31.6. The number of ether oxygens (including phenoxy) is 1. The van der Waals surface area contributed by atoms with Crippen molar-refractivity contribution in [1.82, 2.24) is 19.5 Å². The lowest BCUT2D eigenvalue weighted by Gasteiger charge is -2.33. The zero-order valence-electron chi connectivity index (χ0n) is 25.7. The van der Waals surface area contributed by atoms with Gasteiger partial charge in [-0.3, -0.25) is 9.97 Å². The Morgan fingerprint density at radius 2 is 1.52 bits per heavy atom. The molecule has 0 saturated heterocycles. The van der Waals surface area contributed by atoms with Crippen LogP contribution in [0.2, 0.25) is 0 Å². The molecule has 1 aliphatic rings.